The SMILES string of the molecule is Nc1ncc(/C=C/CCCCC(=O)O)c2c1c(-c1ccc(C(=O)Nc3cc(C(F)(F)F)ccn3)cc1)nn2[C@@H]1CCC[C@@H](N)C1. The van der Waals surface area contributed by atoms with Crippen molar-refractivity contribution in [3.63, 3.8) is 0 Å². The molecule has 3 heterocycles. The van der Waals surface area contributed by atoms with Gasteiger partial charge in [0.25, 0.3) is 5.91 Å². The van der Waals surface area contributed by atoms with E-state index in [1.54, 1.807) is 30.5 Å². The van der Waals surface area contributed by atoms with Gasteiger partial charge in [0.05, 0.1) is 22.5 Å². The lowest BCUT2D eigenvalue weighted by molar-refractivity contribution is -0.138. The van der Waals surface area contributed by atoms with Crippen LogP contribution in [0.15, 0.2) is 54.9 Å². The number of anilines is 2. The summed E-state index contributed by atoms with van der Waals surface area (Å²) in [5, 5.41) is 17.0. The Labute approximate surface area is 257 Å². The van der Waals surface area contributed by atoms with Crippen molar-refractivity contribution in [2.45, 2.75) is 69.6 Å². The van der Waals surface area contributed by atoms with Gasteiger partial charge in [-0.25, -0.2) is 9.97 Å². The van der Waals surface area contributed by atoms with Gasteiger partial charge < -0.3 is 21.9 Å². The number of halogens is 3. The van der Waals surface area contributed by atoms with Gasteiger partial charge in [0, 0.05) is 41.5 Å². The summed E-state index contributed by atoms with van der Waals surface area (Å²) in [6.07, 6.45) is 7.77. The number of alkyl halides is 3. The highest BCUT2D eigenvalue weighted by Crippen LogP contribution is 2.38. The van der Waals surface area contributed by atoms with Crippen LogP contribution in [0.1, 0.15) is 78.9 Å². The Balaban J connectivity index is 1.46. The number of carboxylic acids is 1. The minimum absolute atomic E-state index is 0.0412. The van der Waals surface area contributed by atoms with E-state index in [-0.39, 0.29) is 29.9 Å². The molecule has 13 heteroatoms. The summed E-state index contributed by atoms with van der Waals surface area (Å²) in [6.45, 7) is 0. The molecule has 0 saturated heterocycles. The Morgan fingerprint density at radius 2 is 1.89 bits per heavy atom. The van der Waals surface area contributed by atoms with E-state index in [9.17, 15) is 22.8 Å². The lowest BCUT2D eigenvalue weighted by Crippen LogP contribution is -2.29. The number of amides is 1. The van der Waals surface area contributed by atoms with Gasteiger partial charge in [-0.1, -0.05) is 24.3 Å². The summed E-state index contributed by atoms with van der Waals surface area (Å²) in [5.41, 5.74) is 15.0. The highest BCUT2D eigenvalue weighted by atomic mass is 19.4. The molecule has 1 saturated carbocycles. The molecule has 1 aliphatic carbocycles. The van der Waals surface area contributed by atoms with Gasteiger partial charge in [-0.05, 0) is 69.2 Å². The van der Waals surface area contributed by atoms with E-state index in [0.717, 1.165) is 61.5 Å². The normalized spacial score (nSPS) is 17.2. The molecule has 1 aliphatic rings. The molecule has 1 amide bonds. The molecule has 1 aromatic carbocycles. The Morgan fingerprint density at radius 3 is 2.60 bits per heavy atom. The lowest BCUT2D eigenvalue weighted by atomic mass is 9.91. The van der Waals surface area contributed by atoms with Crippen LogP contribution in [-0.4, -0.2) is 42.8 Å². The second-order valence-corrected chi connectivity index (χ2v) is 11.2. The van der Waals surface area contributed by atoms with E-state index in [0.29, 0.717) is 35.3 Å². The quantitative estimate of drug-likeness (QED) is 0.147. The van der Waals surface area contributed by atoms with Crippen LogP contribution in [-0.2, 0) is 11.0 Å². The summed E-state index contributed by atoms with van der Waals surface area (Å²) < 4.78 is 41.2. The zero-order chi connectivity index (χ0) is 32.1. The maximum atomic E-state index is 13.1. The van der Waals surface area contributed by atoms with Gasteiger partial charge >= 0.3 is 12.1 Å². The number of benzene rings is 1. The first-order valence-corrected chi connectivity index (χ1v) is 14.8. The van der Waals surface area contributed by atoms with Crippen molar-refractivity contribution in [3.05, 3.63) is 71.6 Å². The summed E-state index contributed by atoms with van der Waals surface area (Å²) in [5.74, 6) is -1.35. The number of aromatic nitrogens is 4. The van der Waals surface area contributed by atoms with Crippen molar-refractivity contribution in [3.8, 4) is 11.3 Å². The molecule has 5 rings (SSSR count). The first-order chi connectivity index (χ1) is 21.5. The molecule has 2 atom stereocenters. The van der Waals surface area contributed by atoms with Crippen LogP contribution in [0.25, 0.3) is 28.2 Å². The molecular formula is C32H34F3N7O3. The van der Waals surface area contributed by atoms with Gasteiger partial charge in [0.2, 0.25) is 0 Å². The number of unbranched alkanes of at least 4 members (excludes halogenated alkanes) is 2. The molecule has 10 nitrogen and oxygen atoms in total. The van der Waals surface area contributed by atoms with Crippen LogP contribution in [0, 0.1) is 0 Å². The van der Waals surface area contributed by atoms with Crippen molar-refractivity contribution in [2.24, 2.45) is 5.73 Å². The predicted octanol–water partition coefficient (Wildman–Crippen LogP) is 6.45. The van der Waals surface area contributed by atoms with Gasteiger partial charge in [0.1, 0.15) is 17.3 Å². The van der Waals surface area contributed by atoms with E-state index in [1.165, 1.54) is 0 Å². The highest BCUT2D eigenvalue weighted by Gasteiger charge is 2.31. The minimum atomic E-state index is -4.56. The third-order valence-electron chi connectivity index (χ3n) is 7.87. The molecule has 45 heavy (non-hydrogen) atoms. The smallest absolute Gasteiger partial charge is 0.416 e. The number of fused-ring (bicyclic) bond motifs is 1. The maximum Gasteiger partial charge on any atom is 0.416 e. The Kier molecular flexibility index (Phi) is 9.47. The zero-order valence-electron chi connectivity index (χ0n) is 24.4. The fraction of sp³-hybridized carbons (Fsp3) is 0.344. The number of carboxylic acid groups (broad SMARTS) is 1. The molecule has 1 fully saturated rings. The second-order valence-electron chi connectivity index (χ2n) is 11.2. The Bertz CT molecular complexity index is 1720. The largest absolute Gasteiger partial charge is 0.481 e. The second kappa shape index (κ2) is 13.5. The first kappa shape index (κ1) is 31.6. The molecule has 0 bridgehead atoms. The zero-order valence-corrected chi connectivity index (χ0v) is 24.4. The number of nitrogens with two attached hydrogens (primary N) is 2. The number of nitrogen functional groups attached to an aromatic ring is 1. The third kappa shape index (κ3) is 7.48. The number of rotatable bonds is 10. The molecule has 0 unspecified atom stereocenters. The molecule has 6 N–H and O–H groups in total. The Hall–Kier alpha value is -4.78. The summed E-state index contributed by atoms with van der Waals surface area (Å²) in [7, 11) is 0. The lowest BCUT2D eigenvalue weighted by Gasteiger charge is -2.27. The van der Waals surface area contributed by atoms with Crippen molar-refractivity contribution in [2.75, 3.05) is 11.1 Å². The number of hydrogen-bond donors (Lipinski definition) is 4. The number of pyridine rings is 2. The van der Waals surface area contributed by atoms with Crippen LogP contribution >= 0.6 is 0 Å². The number of carbonyl (C=O) groups excluding carboxylic acids is 1. The van der Waals surface area contributed by atoms with Gasteiger partial charge in [0.15, 0.2) is 0 Å². The number of nitrogens with zero attached hydrogens (tertiary/aromatic N) is 4. The molecule has 236 valence electrons. The molecule has 0 spiro atoms. The fourth-order valence-corrected chi connectivity index (χ4v) is 5.62. The number of allylic oxidation sites excluding steroid dienone is 1. The van der Waals surface area contributed by atoms with Crippen molar-refractivity contribution < 1.29 is 27.9 Å². The average molecular weight is 622 g/mol. The molecular weight excluding hydrogens is 587 g/mol. The number of nitrogens with one attached hydrogen (secondary N) is 1. The average Bonchev–Trinajstić information content (AvgIpc) is 3.41. The summed E-state index contributed by atoms with van der Waals surface area (Å²) in [6, 6.07) is 8.23. The standard InChI is InChI=1S/C32H34F3N7O3/c33-32(34,35)22-14-15-38-25(16-22)40-31(45)20-12-10-19(11-13-20)28-27-29(42(41-28)24-8-5-7-23(36)17-24)21(18-39-30(27)37)6-3-1-2-4-9-26(43)44/h3,6,10-16,18,23-24H,1-2,4-5,7-9,17,36H2,(H2,37,39)(H,43,44)(H,38,40,45)/b6-3+/t23-,24-/m1/s1. The van der Waals surface area contributed by atoms with E-state index >= 15 is 0 Å². The van der Waals surface area contributed by atoms with Crippen LogP contribution in [0.3, 0.4) is 0 Å². The van der Waals surface area contributed by atoms with Crippen LogP contribution in [0.5, 0.6) is 0 Å². The summed E-state index contributed by atoms with van der Waals surface area (Å²) >= 11 is 0. The fourth-order valence-electron chi connectivity index (χ4n) is 5.62. The van der Waals surface area contributed by atoms with Gasteiger partial charge in [-0.15, -0.1) is 0 Å². The number of carbonyl (C=O) groups is 2. The number of hydrogen-bond acceptors (Lipinski definition) is 7. The maximum absolute atomic E-state index is 13.1. The van der Waals surface area contributed by atoms with Gasteiger partial charge in [-0.3, -0.25) is 14.3 Å². The van der Waals surface area contributed by atoms with Crippen LogP contribution < -0.4 is 16.8 Å². The van der Waals surface area contributed by atoms with Crippen LogP contribution in [0.4, 0.5) is 24.8 Å². The minimum Gasteiger partial charge on any atom is -0.481 e. The molecule has 0 aliphatic heterocycles. The molecule has 3 aromatic heterocycles. The van der Waals surface area contributed by atoms with E-state index < -0.39 is 23.6 Å². The van der Waals surface area contributed by atoms with E-state index in [4.69, 9.17) is 21.7 Å². The van der Waals surface area contributed by atoms with Crippen LogP contribution in [0.2, 0.25) is 0 Å². The van der Waals surface area contributed by atoms with Crippen molar-refractivity contribution >= 4 is 40.5 Å². The Morgan fingerprint density at radius 1 is 1.11 bits per heavy atom. The van der Waals surface area contributed by atoms with E-state index in [1.807, 2.05) is 16.8 Å². The molecule has 0 radical (unpaired) electrons. The van der Waals surface area contributed by atoms with Crippen molar-refractivity contribution in [1.82, 2.24) is 19.7 Å². The molecule has 4 aromatic rings. The topological polar surface area (TPSA) is 162 Å². The first-order valence-electron chi connectivity index (χ1n) is 14.8. The third-order valence-corrected chi connectivity index (χ3v) is 7.87. The number of aliphatic carboxylic acids is 1. The van der Waals surface area contributed by atoms with E-state index in [2.05, 4.69) is 15.3 Å². The summed E-state index contributed by atoms with van der Waals surface area (Å²) in [4.78, 5) is 31.9. The van der Waals surface area contributed by atoms with Gasteiger partial charge in [-0.2, -0.15) is 18.3 Å². The highest BCUT2D eigenvalue weighted by molar-refractivity contribution is 6.06. The predicted molar refractivity (Wildman–Crippen MR) is 165 cm³/mol. The van der Waals surface area contributed by atoms with Crippen molar-refractivity contribution in [1.29, 1.82) is 0 Å². The monoisotopic (exact) mass is 621 g/mol.